The van der Waals surface area contributed by atoms with Crippen LogP contribution in [0.4, 0.5) is 0 Å². The summed E-state index contributed by atoms with van der Waals surface area (Å²) in [4.78, 5) is 4.69. The number of imidazole rings is 1. The molecule has 0 fully saturated rings. The van der Waals surface area contributed by atoms with E-state index < -0.39 is 0 Å². The molecule has 1 aromatic heterocycles. The SMILES string of the molecule is Cc1ccc(C(N)Cc2nc3ccccc3n2C)cc1Br. The number of para-hydroxylation sites is 2. The number of rotatable bonds is 3. The summed E-state index contributed by atoms with van der Waals surface area (Å²) in [6.07, 6.45) is 0.723. The van der Waals surface area contributed by atoms with E-state index in [4.69, 9.17) is 5.73 Å². The maximum Gasteiger partial charge on any atom is 0.111 e. The van der Waals surface area contributed by atoms with Crippen molar-refractivity contribution >= 4 is 27.0 Å². The van der Waals surface area contributed by atoms with Gasteiger partial charge in [-0.2, -0.15) is 0 Å². The molecule has 3 aromatic rings. The fraction of sp³-hybridized carbons (Fsp3) is 0.235. The topological polar surface area (TPSA) is 43.8 Å². The summed E-state index contributed by atoms with van der Waals surface area (Å²) in [6.45, 7) is 2.07. The molecule has 108 valence electrons. The number of halogens is 1. The quantitative estimate of drug-likeness (QED) is 0.783. The van der Waals surface area contributed by atoms with Crippen LogP contribution in [0, 0.1) is 6.92 Å². The van der Waals surface area contributed by atoms with Gasteiger partial charge in [0.25, 0.3) is 0 Å². The van der Waals surface area contributed by atoms with Crippen LogP contribution in [0.3, 0.4) is 0 Å². The minimum absolute atomic E-state index is 0.0580. The van der Waals surface area contributed by atoms with Crippen molar-refractivity contribution in [2.75, 3.05) is 0 Å². The van der Waals surface area contributed by atoms with E-state index in [0.717, 1.165) is 33.3 Å². The van der Waals surface area contributed by atoms with Crippen LogP contribution in [-0.2, 0) is 13.5 Å². The first-order chi connectivity index (χ1) is 10.1. The Balaban J connectivity index is 1.90. The Hall–Kier alpha value is -1.65. The van der Waals surface area contributed by atoms with Crippen LogP contribution in [0.15, 0.2) is 46.9 Å². The summed E-state index contributed by atoms with van der Waals surface area (Å²) in [5.74, 6) is 1.01. The molecular weight excluding hydrogens is 326 g/mol. The second-order valence-corrected chi connectivity index (χ2v) is 6.25. The largest absolute Gasteiger partial charge is 0.331 e. The highest BCUT2D eigenvalue weighted by atomic mass is 79.9. The monoisotopic (exact) mass is 343 g/mol. The average Bonchev–Trinajstić information content (AvgIpc) is 2.79. The molecule has 0 aliphatic heterocycles. The van der Waals surface area contributed by atoms with Crippen molar-refractivity contribution < 1.29 is 0 Å². The molecule has 3 nitrogen and oxygen atoms in total. The van der Waals surface area contributed by atoms with E-state index >= 15 is 0 Å². The Kier molecular flexibility index (Phi) is 3.83. The summed E-state index contributed by atoms with van der Waals surface area (Å²) in [5, 5.41) is 0. The Labute approximate surface area is 132 Å². The highest BCUT2D eigenvalue weighted by Gasteiger charge is 2.13. The number of nitrogens with two attached hydrogens (primary N) is 1. The molecule has 0 radical (unpaired) electrons. The Morgan fingerprint density at radius 3 is 2.71 bits per heavy atom. The van der Waals surface area contributed by atoms with Crippen LogP contribution in [0.1, 0.15) is 23.0 Å². The normalized spacial score (nSPS) is 12.8. The Morgan fingerprint density at radius 1 is 1.24 bits per heavy atom. The molecule has 1 atom stereocenters. The Bertz CT molecular complexity index is 792. The summed E-state index contributed by atoms with van der Waals surface area (Å²) in [5.41, 5.74) is 10.9. The lowest BCUT2D eigenvalue weighted by molar-refractivity contribution is 0.664. The average molecular weight is 344 g/mol. The second-order valence-electron chi connectivity index (χ2n) is 5.40. The first kappa shape index (κ1) is 14.3. The predicted molar refractivity (Wildman–Crippen MR) is 90.2 cm³/mol. The summed E-state index contributed by atoms with van der Waals surface area (Å²) >= 11 is 3.57. The lowest BCUT2D eigenvalue weighted by atomic mass is 10.0. The number of hydrogen-bond acceptors (Lipinski definition) is 2. The van der Waals surface area contributed by atoms with Gasteiger partial charge in [0, 0.05) is 24.0 Å². The summed E-state index contributed by atoms with van der Waals surface area (Å²) in [6, 6.07) is 14.4. The molecule has 0 bridgehead atoms. The third-order valence-electron chi connectivity index (χ3n) is 3.91. The van der Waals surface area contributed by atoms with Crippen LogP contribution >= 0.6 is 15.9 Å². The van der Waals surface area contributed by atoms with E-state index in [2.05, 4.69) is 56.7 Å². The van der Waals surface area contributed by atoms with Crippen LogP contribution < -0.4 is 5.73 Å². The molecule has 4 heteroatoms. The lowest BCUT2D eigenvalue weighted by Crippen LogP contribution is -2.16. The van der Waals surface area contributed by atoms with Gasteiger partial charge in [0.15, 0.2) is 0 Å². The van der Waals surface area contributed by atoms with Gasteiger partial charge in [-0.15, -0.1) is 0 Å². The number of aromatic nitrogens is 2. The smallest absolute Gasteiger partial charge is 0.111 e. The zero-order valence-electron chi connectivity index (χ0n) is 12.2. The van der Waals surface area contributed by atoms with E-state index in [-0.39, 0.29) is 6.04 Å². The van der Waals surface area contributed by atoms with Gasteiger partial charge in [-0.25, -0.2) is 4.98 Å². The van der Waals surface area contributed by atoms with Gasteiger partial charge in [-0.05, 0) is 36.2 Å². The molecule has 0 saturated carbocycles. The minimum atomic E-state index is -0.0580. The fourth-order valence-electron chi connectivity index (χ4n) is 2.53. The molecule has 1 unspecified atom stereocenters. The minimum Gasteiger partial charge on any atom is -0.331 e. The van der Waals surface area contributed by atoms with Gasteiger partial charge >= 0.3 is 0 Å². The van der Waals surface area contributed by atoms with Gasteiger partial charge in [0.1, 0.15) is 5.82 Å². The molecule has 0 saturated heterocycles. The van der Waals surface area contributed by atoms with Gasteiger partial charge in [-0.1, -0.05) is 40.2 Å². The van der Waals surface area contributed by atoms with Crippen molar-refractivity contribution in [2.45, 2.75) is 19.4 Å². The molecule has 0 aliphatic carbocycles. The molecule has 2 N–H and O–H groups in total. The molecule has 0 aliphatic rings. The Morgan fingerprint density at radius 2 is 2.00 bits per heavy atom. The molecule has 21 heavy (non-hydrogen) atoms. The van der Waals surface area contributed by atoms with Crippen molar-refractivity contribution in [1.29, 1.82) is 0 Å². The highest BCUT2D eigenvalue weighted by Crippen LogP contribution is 2.24. The molecule has 2 aromatic carbocycles. The number of benzene rings is 2. The van der Waals surface area contributed by atoms with Gasteiger partial charge < -0.3 is 10.3 Å². The van der Waals surface area contributed by atoms with E-state index in [9.17, 15) is 0 Å². The van der Waals surface area contributed by atoms with Crippen LogP contribution in [-0.4, -0.2) is 9.55 Å². The van der Waals surface area contributed by atoms with Crippen LogP contribution in [0.2, 0.25) is 0 Å². The highest BCUT2D eigenvalue weighted by molar-refractivity contribution is 9.10. The molecule has 3 rings (SSSR count). The van der Waals surface area contributed by atoms with Crippen molar-refractivity contribution in [1.82, 2.24) is 9.55 Å². The zero-order chi connectivity index (χ0) is 15.0. The third-order valence-corrected chi connectivity index (χ3v) is 4.76. The maximum atomic E-state index is 6.36. The van der Waals surface area contributed by atoms with E-state index in [1.807, 2.05) is 25.2 Å². The molecular formula is C17H18BrN3. The van der Waals surface area contributed by atoms with Gasteiger partial charge in [0.2, 0.25) is 0 Å². The number of hydrogen-bond donors (Lipinski definition) is 1. The predicted octanol–water partition coefficient (Wildman–Crippen LogP) is 3.89. The second kappa shape index (κ2) is 5.62. The number of fused-ring (bicyclic) bond motifs is 1. The van der Waals surface area contributed by atoms with Crippen LogP contribution in [0.5, 0.6) is 0 Å². The van der Waals surface area contributed by atoms with Crippen molar-refractivity contribution in [3.63, 3.8) is 0 Å². The standard InChI is InChI=1S/C17H18BrN3/c1-11-7-8-12(9-13(11)18)14(19)10-17-20-15-5-3-4-6-16(15)21(17)2/h3-9,14H,10,19H2,1-2H3. The summed E-state index contributed by atoms with van der Waals surface area (Å²) in [7, 11) is 2.04. The summed E-state index contributed by atoms with van der Waals surface area (Å²) < 4.78 is 3.22. The fourth-order valence-corrected chi connectivity index (χ4v) is 2.93. The van der Waals surface area contributed by atoms with Crippen molar-refractivity contribution in [3.8, 4) is 0 Å². The lowest BCUT2D eigenvalue weighted by Gasteiger charge is -2.13. The maximum absolute atomic E-state index is 6.36. The number of aryl methyl sites for hydroxylation is 2. The molecule has 0 spiro atoms. The number of nitrogens with zero attached hydrogens (tertiary/aromatic N) is 2. The van der Waals surface area contributed by atoms with Crippen molar-refractivity contribution in [2.24, 2.45) is 12.8 Å². The van der Waals surface area contributed by atoms with E-state index in [1.54, 1.807) is 0 Å². The first-order valence-electron chi connectivity index (χ1n) is 6.98. The third kappa shape index (κ3) is 2.74. The van der Waals surface area contributed by atoms with Gasteiger partial charge in [0.05, 0.1) is 11.0 Å². The van der Waals surface area contributed by atoms with Crippen molar-refractivity contribution in [3.05, 3.63) is 63.9 Å². The zero-order valence-corrected chi connectivity index (χ0v) is 13.8. The van der Waals surface area contributed by atoms with Crippen LogP contribution in [0.25, 0.3) is 11.0 Å². The van der Waals surface area contributed by atoms with Gasteiger partial charge in [-0.3, -0.25) is 0 Å². The molecule has 1 heterocycles. The van der Waals surface area contributed by atoms with E-state index in [0.29, 0.717) is 0 Å². The molecule has 0 amide bonds. The van der Waals surface area contributed by atoms with E-state index in [1.165, 1.54) is 5.56 Å². The first-order valence-corrected chi connectivity index (χ1v) is 7.77.